The highest BCUT2D eigenvalue weighted by atomic mass is 32.2. The minimum atomic E-state index is -0.0184. The van der Waals surface area contributed by atoms with E-state index in [1.165, 1.54) is 5.56 Å². The van der Waals surface area contributed by atoms with E-state index in [0.717, 1.165) is 32.8 Å². The number of nitrogens with two attached hydrogens (primary N) is 2. The molecule has 3 aromatic carbocycles. The van der Waals surface area contributed by atoms with Gasteiger partial charge in [0.2, 0.25) is 5.91 Å². The van der Waals surface area contributed by atoms with Gasteiger partial charge in [0, 0.05) is 21.6 Å². The van der Waals surface area contributed by atoms with E-state index in [1.54, 1.807) is 11.8 Å². The lowest BCUT2D eigenvalue weighted by molar-refractivity contribution is -0.116. The highest BCUT2D eigenvalue weighted by Gasteiger charge is 2.18. The third-order valence-corrected chi connectivity index (χ3v) is 6.32. The number of hydrogen-bond acceptors (Lipinski definition) is 5. The third-order valence-electron chi connectivity index (χ3n) is 5.13. The van der Waals surface area contributed by atoms with Gasteiger partial charge in [-0.15, -0.1) is 16.9 Å². The Morgan fingerprint density at radius 3 is 2.41 bits per heavy atom. The first kappa shape index (κ1) is 25.3. The minimum Gasteiger partial charge on any atom is -0.382 e. The molecular weight excluding hydrogens is 442 g/mol. The van der Waals surface area contributed by atoms with Gasteiger partial charge in [0.1, 0.15) is 0 Å². The molecule has 0 aliphatic heterocycles. The van der Waals surface area contributed by atoms with Crippen LogP contribution in [-0.2, 0) is 11.2 Å². The summed E-state index contributed by atoms with van der Waals surface area (Å²) in [5.41, 5.74) is 14.1. The monoisotopic (exact) mass is 475 g/mol. The average Bonchev–Trinajstić information content (AvgIpc) is 2.79. The van der Waals surface area contributed by atoms with Crippen molar-refractivity contribution in [1.29, 1.82) is 0 Å². The van der Waals surface area contributed by atoms with Crippen LogP contribution in [0, 0.1) is 6.92 Å². The Morgan fingerprint density at radius 2 is 1.74 bits per heavy atom. The van der Waals surface area contributed by atoms with Gasteiger partial charge >= 0.3 is 0 Å². The van der Waals surface area contributed by atoms with Gasteiger partial charge in [-0.3, -0.25) is 4.79 Å². The van der Waals surface area contributed by atoms with E-state index in [2.05, 4.69) is 67.9 Å². The van der Waals surface area contributed by atoms with Crippen molar-refractivity contribution >= 4 is 29.2 Å². The van der Waals surface area contributed by atoms with Gasteiger partial charge in [-0.05, 0) is 42.2 Å². The number of thioether (sulfide) groups is 1. The summed E-state index contributed by atoms with van der Waals surface area (Å²) in [6.07, 6.45) is 1.10. The number of amidine groups is 1. The molecule has 0 fully saturated rings. The Labute approximate surface area is 206 Å². The molecule has 6 N–H and O–H groups in total. The first-order valence-corrected chi connectivity index (χ1v) is 12.0. The average molecular weight is 476 g/mol. The lowest BCUT2D eigenvalue weighted by Crippen LogP contribution is -2.23. The van der Waals surface area contributed by atoms with Crippen LogP contribution in [0.3, 0.4) is 0 Å². The minimum absolute atomic E-state index is 0.00924. The molecule has 6 nitrogen and oxygen atoms in total. The van der Waals surface area contributed by atoms with Crippen LogP contribution in [0.2, 0.25) is 0 Å². The number of hydrazine groups is 1. The van der Waals surface area contributed by atoms with E-state index in [-0.39, 0.29) is 16.5 Å². The van der Waals surface area contributed by atoms with E-state index < -0.39 is 0 Å². The quantitative estimate of drug-likeness (QED) is 0.118. The van der Waals surface area contributed by atoms with Gasteiger partial charge in [-0.2, -0.15) is 0 Å². The van der Waals surface area contributed by atoms with Crippen LogP contribution in [0.15, 0.2) is 76.7 Å². The van der Waals surface area contributed by atoms with Crippen LogP contribution in [0.5, 0.6) is 0 Å². The maximum atomic E-state index is 12.9. The number of amides is 1. The molecule has 0 heterocycles. The molecule has 0 spiro atoms. The number of benzene rings is 3. The van der Waals surface area contributed by atoms with Crippen LogP contribution in [-0.4, -0.2) is 16.5 Å². The molecule has 178 valence electrons. The number of nitrogens with zero attached hydrogens (tertiary/aromatic N) is 1. The summed E-state index contributed by atoms with van der Waals surface area (Å²) in [6.45, 7) is 8.52. The maximum Gasteiger partial charge on any atom is 0.224 e. The number of carbonyl (C=O) groups is 1. The lowest BCUT2D eigenvalue weighted by atomic mass is 9.98. The summed E-state index contributed by atoms with van der Waals surface area (Å²) in [4.78, 5) is 13.9. The summed E-state index contributed by atoms with van der Waals surface area (Å²) in [5, 5.41) is 7.07. The molecule has 0 saturated heterocycles. The normalized spacial score (nSPS) is 11.9. The largest absolute Gasteiger partial charge is 0.382 e. The van der Waals surface area contributed by atoms with E-state index in [4.69, 9.17) is 11.6 Å². The summed E-state index contributed by atoms with van der Waals surface area (Å²) < 4.78 is -0.00924. The SMILES string of the molecule is Cc1ccc(CCC(=O)Nc2cc(-c3ccccc3/C(N)=N/NN)ccc2SC(C)(C)C)cc1. The number of carbonyl (C=O) groups excluding carboxylic acids is 1. The second kappa shape index (κ2) is 11.2. The molecule has 7 heteroatoms. The molecule has 0 aliphatic carbocycles. The molecule has 0 radical (unpaired) electrons. The molecule has 0 unspecified atom stereocenters. The van der Waals surface area contributed by atoms with Gasteiger partial charge < -0.3 is 11.1 Å². The Balaban J connectivity index is 1.90. The number of hydrazone groups is 1. The zero-order valence-corrected chi connectivity index (χ0v) is 21.0. The number of aryl methyl sites for hydroxylation is 2. The fourth-order valence-electron chi connectivity index (χ4n) is 3.53. The van der Waals surface area contributed by atoms with Gasteiger partial charge in [0.25, 0.3) is 0 Å². The second-order valence-corrected chi connectivity index (χ2v) is 11.0. The zero-order chi connectivity index (χ0) is 24.7. The standard InChI is InChI=1S/C27H33N5OS/c1-18-9-11-19(12-10-18)13-16-25(33)30-23-17-20(14-15-24(23)34-27(2,3)4)21-7-5-6-8-22(21)26(28)31-32-29/h5-12,14-15,17,32H,13,16,29H2,1-4H3,(H2,28,31)(H,30,33). The number of anilines is 1. The Hall–Kier alpha value is -3.29. The van der Waals surface area contributed by atoms with Gasteiger partial charge in [0.15, 0.2) is 5.84 Å². The highest BCUT2D eigenvalue weighted by molar-refractivity contribution is 8.00. The van der Waals surface area contributed by atoms with Crippen LogP contribution in [0.1, 0.15) is 43.9 Å². The van der Waals surface area contributed by atoms with E-state index in [9.17, 15) is 4.79 Å². The number of hydrogen-bond donors (Lipinski definition) is 4. The third kappa shape index (κ3) is 7.10. The molecular formula is C27H33N5OS. The molecule has 3 rings (SSSR count). The summed E-state index contributed by atoms with van der Waals surface area (Å²) in [7, 11) is 0. The zero-order valence-electron chi connectivity index (χ0n) is 20.2. The first-order chi connectivity index (χ1) is 16.2. The Bertz CT molecular complexity index is 1170. The van der Waals surface area contributed by atoms with Crippen molar-refractivity contribution in [2.45, 2.75) is 50.2 Å². The molecule has 0 aliphatic rings. The van der Waals surface area contributed by atoms with Crippen LogP contribution in [0.25, 0.3) is 11.1 Å². The Kier molecular flexibility index (Phi) is 8.36. The molecule has 0 saturated carbocycles. The van der Waals surface area contributed by atoms with Gasteiger partial charge in [-0.25, -0.2) is 11.4 Å². The fourth-order valence-corrected chi connectivity index (χ4v) is 4.54. The van der Waals surface area contributed by atoms with Crippen molar-refractivity contribution in [3.05, 3.63) is 83.4 Å². The van der Waals surface area contributed by atoms with Crippen LogP contribution < -0.4 is 22.4 Å². The molecule has 34 heavy (non-hydrogen) atoms. The van der Waals surface area contributed by atoms with Crippen molar-refractivity contribution in [2.24, 2.45) is 16.7 Å². The topological polar surface area (TPSA) is 106 Å². The molecule has 0 atom stereocenters. The Morgan fingerprint density at radius 1 is 1.03 bits per heavy atom. The van der Waals surface area contributed by atoms with E-state index in [0.29, 0.717) is 12.8 Å². The number of rotatable bonds is 8. The van der Waals surface area contributed by atoms with Crippen molar-refractivity contribution in [2.75, 3.05) is 5.32 Å². The molecule has 3 aromatic rings. The van der Waals surface area contributed by atoms with Crippen molar-refractivity contribution in [3.8, 4) is 11.1 Å². The first-order valence-electron chi connectivity index (χ1n) is 11.2. The predicted molar refractivity (Wildman–Crippen MR) is 144 cm³/mol. The maximum absolute atomic E-state index is 12.9. The molecule has 0 aromatic heterocycles. The summed E-state index contributed by atoms with van der Waals surface area (Å²) in [6, 6.07) is 22.1. The van der Waals surface area contributed by atoms with Crippen LogP contribution >= 0.6 is 11.8 Å². The predicted octanol–water partition coefficient (Wildman–Crippen LogP) is 5.21. The summed E-state index contributed by atoms with van der Waals surface area (Å²) in [5.74, 6) is 5.59. The van der Waals surface area contributed by atoms with Crippen molar-refractivity contribution < 1.29 is 4.79 Å². The fraction of sp³-hybridized carbons (Fsp3) is 0.259. The smallest absolute Gasteiger partial charge is 0.224 e. The van der Waals surface area contributed by atoms with E-state index >= 15 is 0 Å². The summed E-state index contributed by atoms with van der Waals surface area (Å²) >= 11 is 1.72. The van der Waals surface area contributed by atoms with Crippen molar-refractivity contribution in [1.82, 2.24) is 5.53 Å². The second-order valence-electron chi connectivity index (χ2n) is 9.13. The molecule has 0 bridgehead atoms. The number of nitrogens with one attached hydrogen (secondary N) is 2. The van der Waals surface area contributed by atoms with Gasteiger partial charge in [0.05, 0.1) is 5.69 Å². The lowest BCUT2D eigenvalue weighted by Gasteiger charge is -2.21. The molecule has 1 amide bonds. The van der Waals surface area contributed by atoms with Crippen molar-refractivity contribution in [3.63, 3.8) is 0 Å². The van der Waals surface area contributed by atoms with Gasteiger partial charge in [-0.1, -0.05) is 80.9 Å². The highest BCUT2D eigenvalue weighted by Crippen LogP contribution is 2.39. The van der Waals surface area contributed by atoms with Crippen LogP contribution in [0.4, 0.5) is 5.69 Å². The van der Waals surface area contributed by atoms with E-state index in [1.807, 2.05) is 42.5 Å².